The van der Waals surface area contributed by atoms with Gasteiger partial charge in [-0.3, -0.25) is 5.10 Å². The van der Waals surface area contributed by atoms with Crippen LogP contribution in [-0.2, 0) is 0 Å². The lowest BCUT2D eigenvalue weighted by Gasteiger charge is -1.94. The second-order valence-electron chi connectivity index (χ2n) is 3.68. The SMILES string of the molecule is Clc1ccc(-c2cc(-c3[nH]ncc3Cl)on2)cc1. The Kier molecular flexibility index (Phi) is 2.81. The summed E-state index contributed by atoms with van der Waals surface area (Å²) in [6.07, 6.45) is 1.52. The molecule has 0 atom stereocenters. The van der Waals surface area contributed by atoms with Gasteiger partial charge in [-0.2, -0.15) is 5.10 Å². The van der Waals surface area contributed by atoms with Crippen LogP contribution >= 0.6 is 23.2 Å². The average Bonchev–Trinajstić information content (AvgIpc) is 2.98. The summed E-state index contributed by atoms with van der Waals surface area (Å²) in [5, 5.41) is 11.8. The summed E-state index contributed by atoms with van der Waals surface area (Å²) in [6.45, 7) is 0. The number of hydrogen-bond acceptors (Lipinski definition) is 3. The molecule has 6 heteroatoms. The number of benzene rings is 1. The number of nitrogens with zero attached hydrogens (tertiary/aromatic N) is 2. The van der Waals surface area contributed by atoms with E-state index in [4.69, 9.17) is 27.7 Å². The van der Waals surface area contributed by atoms with Crippen LogP contribution in [0.4, 0.5) is 0 Å². The Bertz CT molecular complexity index is 673. The van der Waals surface area contributed by atoms with Gasteiger partial charge in [-0.1, -0.05) is 40.5 Å². The minimum atomic E-state index is 0.494. The van der Waals surface area contributed by atoms with Gasteiger partial charge in [0.25, 0.3) is 0 Å². The summed E-state index contributed by atoms with van der Waals surface area (Å²) in [7, 11) is 0. The summed E-state index contributed by atoms with van der Waals surface area (Å²) >= 11 is 11.8. The molecule has 0 saturated carbocycles. The topological polar surface area (TPSA) is 54.7 Å². The smallest absolute Gasteiger partial charge is 0.186 e. The lowest BCUT2D eigenvalue weighted by Crippen LogP contribution is -1.75. The fourth-order valence-electron chi connectivity index (χ4n) is 1.59. The Balaban J connectivity index is 1.99. The monoisotopic (exact) mass is 279 g/mol. The molecule has 3 aromatic rings. The van der Waals surface area contributed by atoms with Crippen LogP contribution in [0.25, 0.3) is 22.7 Å². The summed E-state index contributed by atoms with van der Waals surface area (Å²) in [5.74, 6) is 0.544. The van der Waals surface area contributed by atoms with Gasteiger partial charge in [0.15, 0.2) is 5.76 Å². The average molecular weight is 280 g/mol. The molecular weight excluding hydrogens is 273 g/mol. The summed E-state index contributed by atoms with van der Waals surface area (Å²) in [6, 6.07) is 9.14. The lowest BCUT2D eigenvalue weighted by molar-refractivity contribution is 0.433. The van der Waals surface area contributed by atoms with Crippen LogP contribution in [0.3, 0.4) is 0 Å². The molecule has 0 radical (unpaired) electrons. The van der Waals surface area contributed by atoms with Crippen molar-refractivity contribution in [1.82, 2.24) is 15.4 Å². The van der Waals surface area contributed by atoms with E-state index in [2.05, 4.69) is 15.4 Å². The van der Waals surface area contributed by atoms with E-state index >= 15 is 0 Å². The van der Waals surface area contributed by atoms with E-state index in [-0.39, 0.29) is 0 Å². The number of H-pyrrole nitrogens is 1. The predicted octanol–water partition coefficient (Wildman–Crippen LogP) is 4.04. The van der Waals surface area contributed by atoms with Crippen LogP contribution in [0.15, 0.2) is 41.1 Å². The number of nitrogens with one attached hydrogen (secondary N) is 1. The maximum Gasteiger partial charge on any atom is 0.186 e. The van der Waals surface area contributed by atoms with Gasteiger partial charge < -0.3 is 4.52 Å². The van der Waals surface area contributed by atoms with Crippen LogP contribution in [0, 0.1) is 0 Å². The van der Waals surface area contributed by atoms with E-state index in [1.54, 1.807) is 18.2 Å². The molecule has 0 fully saturated rings. The minimum Gasteiger partial charge on any atom is -0.354 e. The Hall–Kier alpha value is -1.78. The maximum absolute atomic E-state index is 5.95. The molecular formula is C12H7Cl2N3O. The van der Waals surface area contributed by atoms with Crippen LogP contribution in [0.5, 0.6) is 0 Å². The standard InChI is InChI=1S/C12H7Cl2N3O/c13-8-3-1-7(2-4-8)10-5-11(18-17-10)12-9(14)6-15-16-12/h1-6H,(H,15,16). The van der Waals surface area contributed by atoms with Crippen molar-refractivity contribution in [2.75, 3.05) is 0 Å². The molecule has 18 heavy (non-hydrogen) atoms. The maximum atomic E-state index is 5.95. The highest BCUT2D eigenvalue weighted by atomic mass is 35.5. The van der Waals surface area contributed by atoms with Crippen molar-refractivity contribution in [3.63, 3.8) is 0 Å². The molecule has 2 aromatic heterocycles. The number of hydrogen-bond donors (Lipinski definition) is 1. The molecule has 1 N–H and O–H groups in total. The molecule has 0 aliphatic rings. The van der Waals surface area contributed by atoms with Crippen molar-refractivity contribution in [1.29, 1.82) is 0 Å². The Morgan fingerprint density at radius 3 is 2.56 bits per heavy atom. The van der Waals surface area contributed by atoms with Gasteiger partial charge in [0, 0.05) is 16.7 Å². The Morgan fingerprint density at radius 1 is 1.11 bits per heavy atom. The van der Waals surface area contributed by atoms with E-state index in [1.807, 2.05) is 12.1 Å². The molecule has 0 aliphatic heterocycles. The fourth-order valence-corrected chi connectivity index (χ4v) is 1.90. The highest BCUT2D eigenvalue weighted by molar-refractivity contribution is 6.32. The van der Waals surface area contributed by atoms with Crippen molar-refractivity contribution in [3.8, 4) is 22.7 Å². The predicted molar refractivity (Wildman–Crippen MR) is 69.5 cm³/mol. The van der Waals surface area contributed by atoms with Crippen LogP contribution in [0.1, 0.15) is 0 Å². The summed E-state index contributed by atoms with van der Waals surface area (Å²) in [4.78, 5) is 0. The molecule has 0 unspecified atom stereocenters. The first kappa shape index (κ1) is 11.3. The highest BCUT2D eigenvalue weighted by Gasteiger charge is 2.12. The van der Waals surface area contributed by atoms with Crippen molar-refractivity contribution >= 4 is 23.2 Å². The van der Waals surface area contributed by atoms with E-state index in [0.717, 1.165) is 5.56 Å². The zero-order valence-electron chi connectivity index (χ0n) is 9.02. The zero-order valence-corrected chi connectivity index (χ0v) is 10.5. The summed E-state index contributed by atoms with van der Waals surface area (Å²) in [5.41, 5.74) is 2.25. The van der Waals surface area contributed by atoms with Gasteiger partial charge in [-0.25, -0.2) is 0 Å². The molecule has 0 aliphatic carbocycles. The first-order chi connectivity index (χ1) is 8.74. The van der Waals surface area contributed by atoms with Gasteiger partial charge in [0.1, 0.15) is 11.4 Å². The molecule has 3 rings (SSSR count). The second kappa shape index (κ2) is 4.48. The first-order valence-electron chi connectivity index (χ1n) is 5.16. The van der Waals surface area contributed by atoms with Gasteiger partial charge in [-0.15, -0.1) is 0 Å². The second-order valence-corrected chi connectivity index (χ2v) is 4.52. The molecule has 90 valence electrons. The molecule has 0 saturated heterocycles. The number of rotatable bonds is 2. The molecule has 1 aromatic carbocycles. The van der Waals surface area contributed by atoms with Crippen molar-refractivity contribution in [3.05, 3.63) is 46.6 Å². The zero-order chi connectivity index (χ0) is 12.5. The highest BCUT2D eigenvalue weighted by Crippen LogP contribution is 2.29. The van der Waals surface area contributed by atoms with Gasteiger partial charge in [0.2, 0.25) is 0 Å². The normalized spacial score (nSPS) is 10.8. The van der Waals surface area contributed by atoms with Gasteiger partial charge in [0.05, 0.1) is 11.2 Å². The van der Waals surface area contributed by atoms with E-state index in [0.29, 0.717) is 27.2 Å². The van der Waals surface area contributed by atoms with E-state index < -0.39 is 0 Å². The third-order valence-corrected chi connectivity index (χ3v) is 3.03. The number of halogens is 2. The van der Waals surface area contributed by atoms with Crippen LogP contribution < -0.4 is 0 Å². The molecule has 0 amide bonds. The van der Waals surface area contributed by atoms with E-state index in [1.165, 1.54) is 6.20 Å². The minimum absolute atomic E-state index is 0.494. The van der Waals surface area contributed by atoms with E-state index in [9.17, 15) is 0 Å². The number of aromatic nitrogens is 3. The first-order valence-corrected chi connectivity index (χ1v) is 5.91. The van der Waals surface area contributed by atoms with Gasteiger partial charge in [-0.05, 0) is 12.1 Å². The number of aromatic amines is 1. The largest absolute Gasteiger partial charge is 0.354 e. The van der Waals surface area contributed by atoms with Crippen LogP contribution in [-0.4, -0.2) is 15.4 Å². The molecule has 2 heterocycles. The Labute approximate surface area is 113 Å². The molecule has 0 bridgehead atoms. The summed E-state index contributed by atoms with van der Waals surface area (Å²) < 4.78 is 5.24. The quantitative estimate of drug-likeness (QED) is 0.770. The van der Waals surface area contributed by atoms with Crippen molar-refractivity contribution in [2.24, 2.45) is 0 Å². The van der Waals surface area contributed by atoms with Gasteiger partial charge >= 0.3 is 0 Å². The van der Waals surface area contributed by atoms with Crippen molar-refractivity contribution < 1.29 is 4.52 Å². The third-order valence-electron chi connectivity index (χ3n) is 2.49. The van der Waals surface area contributed by atoms with Crippen molar-refractivity contribution in [2.45, 2.75) is 0 Å². The molecule has 0 spiro atoms. The van der Waals surface area contributed by atoms with Crippen LogP contribution in [0.2, 0.25) is 10.0 Å². The Morgan fingerprint density at radius 2 is 1.89 bits per heavy atom. The third kappa shape index (κ3) is 2.00. The lowest BCUT2D eigenvalue weighted by atomic mass is 10.1. The molecule has 4 nitrogen and oxygen atoms in total. The fraction of sp³-hybridized carbons (Fsp3) is 0.